The summed E-state index contributed by atoms with van der Waals surface area (Å²) in [5, 5.41) is 4.08. The smallest absolute Gasteiger partial charge is 0.253 e. The Bertz CT molecular complexity index is 926. The number of amides is 1. The van der Waals surface area contributed by atoms with E-state index >= 15 is 0 Å². The number of fused-ring (bicyclic) bond motifs is 1. The lowest BCUT2D eigenvalue weighted by molar-refractivity contribution is 0.0941. The molecule has 2 aromatic carbocycles. The molecule has 0 fully saturated rings. The molecule has 5 heteroatoms. The van der Waals surface area contributed by atoms with Gasteiger partial charge >= 0.3 is 0 Å². The van der Waals surface area contributed by atoms with Crippen LogP contribution in [0.25, 0.3) is 10.9 Å². The molecule has 0 unspecified atom stereocenters. The zero-order valence-corrected chi connectivity index (χ0v) is 14.2. The molecule has 1 N–H and O–H groups in total. The second-order valence-corrected chi connectivity index (χ2v) is 6.20. The summed E-state index contributed by atoms with van der Waals surface area (Å²) in [5.41, 5.74) is 3.30. The van der Waals surface area contributed by atoms with Crippen LogP contribution < -0.4 is 5.32 Å². The van der Waals surface area contributed by atoms with E-state index in [0.29, 0.717) is 28.0 Å². The summed E-state index contributed by atoms with van der Waals surface area (Å²) in [6.45, 7) is 3.90. The van der Waals surface area contributed by atoms with Gasteiger partial charge in [-0.1, -0.05) is 41.4 Å². The predicted molar refractivity (Wildman–Crippen MR) is 95.6 cm³/mol. The number of nitrogens with one attached hydrogen (secondary N) is 1. The zero-order valence-electron chi connectivity index (χ0n) is 13.5. The SMILES string of the molecule is CC(=O)n1cc(C(=O)NCc2ccc(C)cc2)c2cc(Cl)ccc21. The van der Waals surface area contributed by atoms with Crippen LogP contribution in [0.15, 0.2) is 48.7 Å². The van der Waals surface area contributed by atoms with Crippen LogP contribution in [-0.4, -0.2) is 16.4 Å². The molecular weight excluding hydrogens is 324 g/mol. The highest BCUT2D eigenvalue weighted by atomic mass is 35.5. The maximum atomic E-state index is 12.6. The van der Waals surface area contributed by atoms with Gasteiger partial charge < -0.3 is 5.32 Å². The standard InChI is InChI=1S/C19H17ClN2O2/c1-12-3-5-14(6-4-12)10-21-19(24)17-11-22(13(2)23)18-8-7-15(20)9-16(17)18/h3-9,11H,10H2,1-2H3,(H,21,24). The van der Waals surface area contributed by atoms with E-state index in [2.05, 4.69) is 5.32 Å². The first kappa shape index (κ1) is 16.3. The molecule has 24 heavy (non-hydrogen) atoms. The molecule has 0 spiro atoms. The Morgan fingerprint density at radius 1 is 1.12 bits per heavy atom. The van der Waals surface area contributed by atoms with E-state index in [9.17, 15) is 9.59 Å². The number of halogens is 1. The van der Waals surface area contributed by atoms with Crippen molar-refractivity contribution in [2.45, 2.75) is 20.4 Å². The first-order valence-corrected chi connectivity index (χ1v) is 7.99. The molecule has 0 atom stereocenters. The Hall–Kier alpha value is -2.59. The van der Waals surface area contributed by atoms with Gasteiger partial charge in [0, 0.05) is 30.1 Å². The fourth-order valence-electron chi connectivity index (χ4n) is 2.63. The molecule has 3 rings (SSSR count). The van der Waals surface area contributed by atoms with Crippen molar-refractivity contribution in [1.82, 2.24) is 9.88 Å². The highest BCUT2D eigenvalue weighted by Crippen LogP contribution is 2.25. The Morgan fingerprint density at radius 2 is 1.83 bits per heavy atom. The number of rotatable bonds is 3. The minimum atomic E-state index is -0.233. The topological polar surface area (TPSA) is 51.1 Å². The summed E-state index contributed by atoms with van der Waals surface area (Å²) in [7, 11) is 0. The Labute approximate surface area is 145 Å². The molecule has 3 aromatic rings. The molecule has 0 aliphatic rings. The maximum absolute atomic E-state index is 12.6. The lowest BCUT2D eigenvalue weighted by Gasteiger charge is -2.05. The summed E-state index contributed by atoms with van der Waals surface area (Å²) >= 11 is 6.05. The van der Waals surface area contributed by atoms with Crippen molar-refractivity contribution in [2.24, 2.45) is 0 Å². The lowest BCUT2D eigenvalue weighted by atomic mass is 10.1. The van der Waals surface area contributed by atoms with Crippen molar-refractivity contribution in [2.75, 3.05) is 0 Å². The number of aryl methyl sites for hydroxylation is 1. The third kappa shape index (κ3) is 3.19. The summed E-state index contributed by atoms with van der Waals surface area (Å²) in [4.78, 5) is 24.4. The fraction of sp³-hybridized carbons (Fsp3) is 0.158. The van der Waals surface area contributed by atoms with Gasteiger partial charge in [0.1, 0.15) is 0 Å². The van der Waals surface area contributed by atoms with Crippen LogP contribution in [-0.2, 0) is 6.54 Å². The minimum absolute atomic E-state index is 0.153. The third-order valence-corrected chi connectivity index (χ3v) is 4.16. The Kier molecular flexibility index (Phi) is 4.40. The van der Waals surface area contributed by atoms with Crippen LogP contribution in [0, 0.1) is 6.92 Å². The monoisotopic (exact) mass is 340 g/mol. The van der Waals surface area contributed by atoms with Crippen LogP contribution in [0.5, 0.6) is 0 Å². The quantitative estimate of drug-likeness (QED) is 0.777. The molecule has 0 aliphatic heterocycles. The van der Waals surface area contributed by atoms with E-state index in [-0.39, 0.29) is 11.8 Å². The molecule has 0 bridgehead atoms. The summed E-state index contributed by atoms with van der Waals surface area (Å²) < 4.78 is 1.46. The molecular formula is C19H17ClN2O2. The lowest BCUT2D eigenvalue weighted by Crippen LogP contribution is -2.22. The van der Waals surface area contributed by atoms with E-state index in [1.807, 2.05) is 31.2 Å². The average Bonchev–Trinajstić information content (AvgIpc) is 2.93. The van der Waals surface area contributed by atoms with Crippen molar-refractivity contribution in [3.63, 3.8) is 0 Å². The van der Waals surface area contributed by atoms with E-state index in [1.54, 1.807) is 24.4 Å². The number of hydrogen-bond donors (Lipinski definition) is 1. The van der Waals surface area contributed by atoms with Crippen LogP contribution in [0.4, 0.5) is 0 Å². The number of hydrogen-bond acceptors (Lipinski definition) is 2. The van der Waals surface area contributed by atoms with Gasteiger partial charge in [0.25, 0.3) is 5.91 Å². The van der Waals surface area contributed by atoms with Crippen molar-refractivity contribution >= 4 is 34.3 Å². The number of carbonyl (C=O) groups is 2. The summed E-state index contributed by atoms with van der Waals surface area (Å²) in [6, 6.07) is 13.1. The van der Waals surface area contributed by atoms with Crippen LogP contribution in [0.2, 0.25) is 5.02 Å². The highest BCUT2D eigenvalue weighted by molar-refractivity contribution is 6.31. The normalized spacial score (nSPS) is 10.8. The molecule has 0 aliphatic carbocycles. The van der Waals surface area contributed by atoms with Gasteiger partial charge in [-0.2, -0.15) is 0 Å². The molecule has 0 saturated carbocycles. The minimum Gasteiger partial charge on any atom is -0.348 e. The number of carbonyl (C=O) groups excluding carboxylic acids is 2. The van der Waals surface area contributed by atoms with Gasteiger partial charge in [-0.3, -0.25) is 14.2 Å². The van der Waals surface area contributed by atoms with Crippen LogP contribution >= 0.6 is 11.6 Å². The highest BCUT2D eigenvalue weighted by Gasteiger charge is 2.17. The average molecular weight is 341 g/mol. The van der Waals surface area contributed by atoms with Crippen molar-refractivity contribution in [1.29, 1.82) is 0 Å². The van der Waals surface area contributed by atoms with E-state index in [4.69, 9.17) is 11.6 Å². The number of benzene rings is 2. The molecule has 1 aromatic heterocycles. The Morgan fingerprint density at radius 3 is 2.50 bits per heavy atom. The Balaban J connectivity index is 1.90. The first-order chi connectivity index (χ1) is 11.5. The van der Waals surface area contributed by atoms with Crippen LogP contribution in [0.1, 0.15) is 33.2 Å². The number of nitrogens with zero attached hydrogens (tertiary/aromatic N) is 1. The first-order valence-electron chi connectivity index (χ1n) is 7.61. The van der Waals surface area contributed by atoms with E-state index < -0.39 is 0 Å². The molecule has 0 saturated heterocycles. The summed E-state index contributed by atoms with van der Waals surface area (Å²) in [6.07, 6.45) is 1.56. The zero-order chi connectivity index (χ0) is 17.3. The molecule has 4 nitrogen and oxygen atoms in total. The molecule has 122 valence electrons. The van der Waals surface area contributed by atoms with Gasteiger partial charge in [-0.15, -0.1) is 0 Å². The van der Waals surface area contributed by atoms with Gasteiger partial charge in [0.05, 0.1) is 11.1 Å². The van der Waals surface area contributed by atoms with Gasteiger partial charge in [0.2, 0.25) is 5.91 Å². The largest absolute Gasteiger partial charge is 0.348 e. The van der Waals surface area contributed by atoms with Crippen molar-refractivity contribution in [3.8, 4) is 0 Å². The third-order valence-electron chi connectivity index (χ3n) is 3.92. The van der Waals surface area contributed by atoms with Crippen LogP contribution in [0.3, 0.4) is 0 Å². The summed E-state index contributed by atoms with van der Waals surface area (Å²) in [5.74, 6) is -0.386. The molecule has 1 amide bonds. The molecule has 1 heterocycles. The second-order valence-electron chi connectivity index (χ2n) is 5.76. The fourth-order valence-corrected chi connectivity index (χ4v) is 2.80. The maximum Gasteiger partial charge on any atom is 0.253 e. The predicted octanol–water partition coefficient (Wildman–Crippen LogP) is 4.19. The van der Waals surface area contributed by atoms with Crippen molar-refractivity contribution < 1.29 is 9.59 Å². The van der Waals surface area contributed by atoms with Gasteiger partial charge in [-0.05, 0) is 30.7 Å². The van der Waals surface area contributed by atoms with E-state index in [0.717, 1.165) is 5.56 Å². The second kappa shape index (κ2) is 6.49. The number of aromatic nitrogens is 1. The van der Waals surface area contributed by atoms with E-state index in [1.165, 1.54) is 17.1 Å². The van der Waals surface area contributed by atoms with Gasteiger partial charge in [-0.25, -0.2) is 0 Å². The van der Waals surface area contributed by atoms with Gasteiger partial charge in [0.15, 0.2) is 0 Å². The van der Waals surface area contributed by atoms with Crippen molar-refractivity contribution in [3.05, 3.63) is 70.4 Å². The molecule has 0 radical (unpaired) electrons.